The number of aromatic nitrogens is 2. The van der Waals surface area contributed by atoms with Crippen LogP contribution in [-0.4, -0.2) is 33.6 Å². The van der Waals surface area contributed by atoms with Gasteiger partial charge in [-0.3, -0.25) is 4.79 Å². The van der Waals surface area contributed by atoms with Crippen molar-refractivity contribution >= 4 is 11.9 Å². The molecule has 2 heterocycles. The zero-order valence-electron chi connectivity index (χ0n) is 18.1. The summed E-state index contributed by atoms with van der Waals surface area (Å²) < 4.78 is 15.1. The number of hydrogen-bond donors (Lipinski definition) is 0. The van der Waals surface area contributed by atoms with E-state index in [0.717, 1.165) is 37.1 Å². The predicted molar refractivity (Wildman–Crippen MR) is 120 cm³/mol. The molecule has 31 heavy (non-hydrogen) atoms. The van der Waals surface area contributed by atoms with E-state index in [9.17, 15) is 4.79 Å². The SMILES string of the molecule is C=C[C@H]1OC2(CCCC3=Cc4c(cnn4-c4ccc(C(C)=O)cc4)C[C@@]32C)O[C@@H]1C=C. The van der Waals surface area contributed by atoms with Crippen LogP contribution in [0.4, 0.5) is 0 Å². The predicted octanol–water partition coefficient (Wildman–Crippen LogP) is 5.06. The van der Waals surface area contributed by atoms with Gasteiger partial charge in [0.25, 0.3) is 0 Å². The zero-order chi connectivity index (χ0) is 21.8. The second-order valence-electron chi connectivity index (χ2n) is 8.99. The molecule has 0 bridgehead atoms. The van der Waals surface area contributed by atoms with Crippen molar-refractivity contribution in [2.75, 3.05) is 0 Å². The third-order valence-electron chi connectivity index (χ3n) is 7.20. The van der Waals surface area contributed by atoms with Crippen molar-refractivity contribution in [3.8, 4) is 5.69 Å². The summed E-state index contributed by atoms with van der Waals surface area (Å²) in [6, 6.07) is 7.61. The van der Waals surface area contributed by atoms with Gasteiger partial charge in [-0.05, 0) is 62.1 Å². The lowest BCUT2D eigenvalue weighted by Gasteiger charge is -2.51. The molecule has 2 fully saturated rings. The fourth-order valence-corrected chi connectivity index (χ4v) is 5.40. The number of ketones is 1. The maximum absolute atomic E-state index is 11.6. The third kappa shape index (κ3) is 2.91. The Bertz CT molecular complexity index is 1080. The molecule has 1 aliphatic heterocycles. The van der Waals surface area contributed by atoms with Crippen LogP contribution in [0.15, 0.2) is 61.3 Å². The fraction of sp³-hybridized carbons (Fsp3) is 0.385. The van der Waals surface area contributed by atoms with E-state index in [1.165, 1.54) is 11.1 Å². The summed E-state index contributed by atoms with van der Waals surface area (Å²) in [5, 5.41) is 4.68. The molecule has 1 aromatic carbocycles. The van der Waals surface area contributed by atoms with Crippen LogP contribution in [0.3, 0.4) is 0 Å². The molecule has 2 aromatic rings. The first-order chi connectivity index (χ1) is 14.9. The van der Waals surface area contributed by atoms with Crippen molar-refractivity contribution in [1.82, 2.24) is 9.78 Å². The Kier molecular flexibility index (Phi) is 4.65. The van der Waals surface area contributed by atoms with E-state index < -0.39 is 5.79 Å². The molecule has 1 aromatic heterocycles. The van der Waals surface area contributed by atoms with Gasteiger partial charge in [0.2, 0.25) is 0 Å². The van der Waals surface area contributed by atoms with Gasteiger partial charge >= 0.3 is 0 Å². The first-order valence-corrected chi connectivity index (χ1v) is 10.9. The summed E-state index contributed by atoms with van der Waals surface area (Å²) in [4.78, 5) is 11.6. The number of hydrogen-bond acceptors (Lipinski definition) is 4. The molecule has 0 amide bonds. The lowest BCUT2D eigenvalue weighted by atomic mass is 9.62. The van der Waals surface area contributed by atoms with Crippen LogP contribution in [0.5, 0.6) is 0 Å². The quantitative estimate of drug-likeness (QED) is 0.517. The molecule has 5 rings (SSSR count). The lowest BCUT2D eigenvalue weighted by molar-refractivity contribution is -0.243. The summed E-state index contributed by atoms with van der Waals surface area (Å²) in [5.74, 6) is -0.621. The molecule has 1 spiro atoms. The van der Waals surface area contributed by atoms with E-state index in [1.54, 1.807) is 6.92 Å². The number of ether oxygens (including phenoxy) is 2. The van der Waals surface area contributed by atoms with Gasteiger partial charge in [-0.15, -0.1) is 13.2 Å². The summed E-state index contributed by atoms with van der Waals surface area (Å²) >= 11 is 0. The number of rotatable bonds is 4. The Morgan fingerprint density at radius 2 is 1.87 bits per heavy atom. The number of fused-ring (bicyclic) bond motifs is 3. The Morgan fingerprint density at radius 3 is 2.48 bits per heavy atom. The van der Waals surface area contributed by atoms with Crippen molar-refractivity contribution in [3.63, 3.8) is 0 Å². The highest BCUT2D eigenvalue weighted by molar-refractivity contribution is 5.94. The van der Waals surface area contributed by atoms with Crippen LogP contribution in [-0.2, 0) is 15.9 Å². The van der Waals surface area contributed by atoms with E-state index in [0.29, 0.717) is 5.56 Å². The molecule has 1 saturated heterocycles. The Hall–Kier alpha value is -2.76. The smallest absolute Gasteiger partial charge is 0.179 e. The van der Waals surface area contributed by atoms with Gasteiger partial charge in [0, 0.05) is 17.4 Å². The van der Waals surface area contributed by atoms with Gasteiger partial charge in [-0.2, -0.15) is 5.10 Å². The number of carbonyl (C=O) groups excluding carboxylic acids is 1. The largest absolute Gasteiger partial charge is 0.339 e. The number of Topliss-reactive ketones (excluding diaryl/α,β-unsaturated/α-hetero) is 1. The van der Waals surface area contributed by atoms with Crippen LogP contribution in [0.1, 0.15) is 54.7 Å². The standard InChI is InChI=1S/C26H28N2O3/c1-5-23-24(6-2)31-26(30-23)13-7-8-20-14-22-19(15-25(20,26)4)16-27-28(22)21-11-9-18(10-12-21)17(3)29/h5-6,9-12,14,16,23-24H,1-2,7-8,13,15H2,3-4H3/t23-,24-,25+/m1/s1. The van der Waals surface area contributed by atoms with Crippen molar-refractivity contribution in [2.24, 2.45) is 5.41 Å². The molecular formula is C26H28N2O3. The monoisotopic (exact) mass is 416 g/mol. The molecule has 5 nitrogen and oxygen atoms in total. The molecule has 2 aliphatic carbocycles. The topological polar surface area (TPSA) is 53.4 Å². The minimum atomic E-state index is -0.683. The molecule has 0 unspecified atom stereocenters. The van der Waals surface area contributed by atoms with E-state index in [1.807, 2.05) is 47.3 Å². The molecular weight excluding hydrogens is 388 g/mol. The maximum atomic E-state index is 11.6. The third-order valence-corrected chi connectivity index (χ3v) is 7.20. The van der Waals surface area contributed by atoms with E-state index in [2.05, 4.69) is 31.3 Å². The number of nitrogens with zero attached hydrogens (tertiary/aromatic N) is 2. The van der Waals surface area contributed by atoms with Crippen LogP contribution < -0.4 is 0 Å². The number of carbonyl (C=O) groups is 1. The minimum Gasteiger partial charge on any atom is -0.339 e. The normalized spacial score (nSPS) is 28.5. The number of benzene rings is 1. The van der Waals surface area contributed by atoms with Gasteiger partial charge in [-0.25, -0.2) is 4.68 Å². The van der Waals surface area contributed by atoms with Crippen molar-refractivity contribution in [1.29, 1.82) is 0 Å². The Balaban J connectivity index is 1.54. The summed E-state index contributed by atoms with van der Waals surface area (Å²) in [7, 11) is 0. The maximum Gasteiger partial charge on any atom is 0.179 e. The van der Waals surface area contributed by atoms with E-state index in [-0.39, 0.29) is 23.4 Å². The average molecular weight is 417 g/mol. The van der Waals surface area contributed by atoms with Crippen molar-refractivity contribution in [2.45, 2.75) is 57.5 Å². The van der Waals surface area contributed by atoms with Crippen LogP contribution >= 0.6 is 0 Å². The molecule has 0 N–H and O–H groups in total. The van der Waals surface area contributed by atoms with Crippen molar-refractivity contribution in [3.05, 3.63) is 78.2 Å². The highest BCUT2D eigenvalue weighted by Crippen LogP contribution is 2.58. The molecule has 3 aliphatic rings. The first kappa shape index (κ1) is 20.2. The van der Waals surface area contributed by atoms with Gasteiger partial charge in [0.05, 0.1) is 17.6 Å². The second kappa shape index (κ2) is 7.14. The van der Waals surface area contributed by atoms with E-state index >= 15 is 0 Å². The lowest BCUT2D eigenvalue weighted by Crippen LogP contribution is -2.53. The van der Waals surface area contributed by atoms with Gasteiger partial charge in [-0.1, -0.05) is 24.6 Å². The average Bonchev–Trinajstić information content (AvgIpc) is 3.34. The molecule has 5 heteroatoms. The minimum absolute atomic E-state index is 0.0617. The van der Waals surface area contributed by atoms with Gasteiger partial charge in [0.1, 0.15) is 12.2 Å². The highest BCUT2D eigenvalue weighted by Gasteiger charge is 2.61. The molecule has 0 radical (unpaired) electrons. The van der Waals surface area contributed by atoms with E-state index in [4.69, 9.17) is 9.47 Å². The summed E-state index contributed by atoms with van der Waals surface area (Å²) in [6.07, 6.45) is 11.2. The molecule has 3 atom stereocenters. The van der Waals surface area contributed by atoms with Gasteiger partial charge < -0.3 is 9.47 Å². The molecule has 1 saturated carbocycles. The summed E-state index contributed by atoms with van der Waals surface area (Å²) in [6.45, 7) is 11.7. The van der Waals surface area contributed by atoms with Crippen LogP contribution in [0.25, 0.3) is 11.8 Å². The fourth-order valence-electron chi connectivity index (χ4n) is 5.40. The van der Waals surface area contributed by atoms with Crippen molar-refractivity contribution < 1.29 is 14.3 Å². The van der Waals surface area contributed by atoms with Crippen LogP contribution in [0, 0.1) is 5.41 Å². The summed E-state index contributed by atoms with van der Waals surface area (Å²) in [5.41, 5.74) is 4.98. The Morgan fingerprint density at radius 1 is 1.19 bits per heavy atom. The van der Waals surface area contributed by atoms with Crippen LogP contribution in [0.2, 0.25) is 0 Å². The zero-order valence-corrected chi connectivity index (χ0v) is 18.1. The first-order valence-electron chi connectivity index (χ1n) is 10.9. The Labute approximate surface area is 183 Å². The highest BCUT2D eigenvalue weighted by atomic mass is 16.8. The second-order valence-corrected chi connectivity index (χ2v) is 8.99. The van der Waals surface area contributed by atoms with Gasteiger partial charge in [0.15, 0.2) is 11.6 Å². The molecule has 160 valence electrons.